The topological polar surface area (TPSA) is 108 Å². The molecule has 3 aromatic rings. The second-order valence-corrected chi connectivity index (χ2v) is 11.5. The monoisotopic (exact) mass is 498 g/mol. The number of halogens is 2. The smallest absolute Gasteiger partial charge is 0.237 e. The van der Waals surface area contributed by atoms with Gasteiger partial charge in [0.15, 0.2) is 15.7 Å². The highest BCUT2D eigenvalue weighted by molar-refractivity contribution is 7.93. The lowest BCUT2D eigenvalue weighted by molar-refractivity contribution is 0.459. The Morgan fingerprint density at radius 3 is 2.43 bits per heavy atom. The van der Waals surface area contributed by atoms with Gasteiger partial charge in [-0.2, -0.15) is 0 Å². The highest BCUT2D eigenvalue weighted by Gasteiger charge is 2.49. The van der Waals surface area contributed by atoms with Crippen molar-refractivity contribution in [1.29, 1.82) is 0 Å². The van der Waals surface area contributed by atoms with E-state index in [4.69, 9.17) is 10.5 Å². The lowest BCUT2D eigenvalue weighted by atomic mass is 9.91. The number of para-hydroxylation sites is 1. The second-order valence-electron chi connectivity index (χ2n) is 8.93. The number of sulfone groups is 1. The zero-order chi connectivity index (χ0) is 25.4. The molecule has 35 heavy (non-hydrogen) atoms. The molecule has 7 nitrogen and oxygen atoms in total. The van der Waals surface area contributed by atoms with E-state index in [1.165, 1.54) is 45.3 Å². The Balaban J connectivity index is 1.63. The number of nitrogens with zero attached hydrogens (tertiary/aromatic N) is 3. The van der Waals surface area contributed by atoms with Crippen LogP contribution in [-0.4, -0.2) is 34.7 Å². The van der Waals surface area contributed by atoms with Crippen molar-refractivity contribution >= 4 is 27.6 Å². The highest BCUT2D eigenvalue weighted by atomic mass is 32.2. The van der Waals surface area contributed by atoms with E-state index in [9.17, 15) is 17.2 Å². The first kappa shape index (κ1) is 24.5. The third-order valence-electron chi connectivity index (χ3n) is 5.94. The van der Waals surface area contributed by atoms with Crippen LogP contribution < -0.4 is 10.5 Å². The molecular weight excluding hydrogens is 474 g/mol. The van der Waals surface area contributed by atoms with Crippen LogP contribution in [0, 0.1) is 5.82 Å². The second kappa shape index (κ2) is 8.84. The summed E-state index contributed by atoms with van der Waals surface area (Å²) in [6.45, 7) is 4.41. The van der Waals surface area contributed by atoms with Crippen LogP contribution in [0.3, 0.4) is 0 Å². The maximum Gasteiger partial charge on any atom is 0.237 e. The van der Waals surface area contributed by atoms with Gasteiger partial charge >= 0.3 is 0 Å². The van der Waals surface area contributed by atoms with E-state index in [-0.39, 0.29) is 23.0 Å². The van der Waals surface area contributed by atoms with Gasteiger partial charge in [-0.3, -0.25) is 4.99 Å². The molecule has 0 bridgehead atoms. The quantitative estimate of drug-likeness (QED) is 0.549. The van der Waals surface area contributed by atoms with Crippen molar-refractivity contribution in [3.63, 3.8) is 0 Å². The number of hydrogen-bond donors (Lipinski definition) is 1. The molecule has 0 radical (unpaired) electrons. The van der Waals surface area contributed by atoms with Gasteiger partial charge in [-0.25, -0.2) is 27.2 Å². The molecule has 1 atom stereocenters. The minimum atomic E-state index is -3.73. The first-order valence-electron chi connectivity index (χ1n) is 10.7. The maximum absolute atomic E-state index is 14.9. The van der Waals surface area contributed by atoms with Crippen molar-refractivity contribution in [2.24, 2.45) is 10.7 Å². The molecule has 0 saturated heterocycles. The van der Waals surface area contributed by atoms with E-state index < -0.39 is 37.5 Å². The number of aliphatic imine (C=N–C) groups is 1. The van der Waals surface area contributed by atoms with E-state index in [0.29, 0.717) is 11.3 Å². The summed E-state index contributed by atoms with van der Waals surface area (Å²) >= 11 is 0. The van der Waals surface area contributed by atoms with Gasteiger partial charge in [0.2, 0.25) is 5.88 Å². The van der Waals surface area contributed by atoms with Gasteiger partial charge in [-0.05, 0) is 56.7 Å². The molecule has 0 fully saturated rings. The molecule has 0 unspecified atom stereocenters. The molecule has 0 aliphatic carbocycles. The Kier molecular flexibility index (Phi) is 6.18. The van der Waals surface area contributed by atoms with Crippen LogP contribution in [0.4, 0.5) is 8.78 Å². The summed E-state index contributed by atoms with van der Waals surface area (Å²) in [6.07, 6.45) is 3.66. The van der Waals surface area contributed by atoms with E-state index in [1.54, 1.807) is 24.3 Å². The molecular formula is C25H24F2N4O3S. The molecule has 1 aliphatic heterocycles. The van der Waals surface area contributed by atoms with Crippen LogP contribution >= 0.6 is 0 Å². The SMILES string of the molecule is CC1(C)C(N)=N[C@](C)(c2cc(/C=C(\F)c3cnc(Oc4ccccc4)cn3)ccc2F)CS1(=O)=O. The van der Waals surface area contributed by atoms with Gasteiger partial charge in [0.1, 0.15) is 33.4 Å². The minimum Gasteiger partial charge on any atom is -0.438 e. The summed E-state index contributed by atoms with van der Waals surface area (Å²) in [5.41, 5.74) is 4.74. The van der Waals surface area contributed by atoms with Crippen LogP contribution in [0.25, 0.3) is 11.9 Å². The molecule has 1 aromatic heterocycles. The van der Waals surface area contributed by atoms with Crippen molar-refractivity contribution in [3.05, 3.63) is 83.6 Å². The van der Waals surface area contributed by atoms with Crippen molar-refractivity contribution in [2.75, 3.05) is 5.75 Å². The van der Waals surface area contributed by atoms with Crippen LogP contribution in [0.1, 0.15) is 37.6 Å². The summed E-state index contributed by atoms with van der Waals surface area (Å²) in [4.78, 5) is 12.4. The largest absolute Gasteiger partial charge is 0.438 e. The molecule has 2 heterocycles. The van der Waals surface area contributed by atoms with Crippen molar-refractivity contribution in [2.45, 2.75) is 31.1 Å². The number of hydrogen-bond acceptors (Lipinski definition) is 7. The lowest BCUT2D eigenvalue weighted by Gasteiger charge is -2.38. The fourth-order valence-corrected chi connectivity index (χ4v) is 5.33. The number of amidine groups is 1. The predicted molar refractivity (Wildman–Crippen MR) is 131 cm³/mol. The Bertz CT molecular complexity index is 1420. The van der Waals surface area contributed by atoms with Crippen molar-refractivity contribution in [1.82, 2.24) is 9.97 Å². The maximum atomic E-state index is 14.9. The zero-order valence-electron chi connectivity index (χ0n) is 19.4. The number of ether oxygens (including phenoxy) is 1. The Morgan fingerprint density at radius 1 is 1.09 bits per heavy atom. The average molecular weight is 499 g/mol. The molecule has 10 heteroatoms. The van der Waals surface area contributed by atoms with Crippen molar-refractivity contribution < 1.29 is 21.9 Å². The molecule has 182 valence electrons. The first-order valence-corrected chi connectivity index (χ1v) is 12.4. The fraction of sp³-hybridized carbons (Fsp3) is 0.240. The summed E-state index contributed by atoms with van der Waals surface area (Å²) in [5, 5.41) is 0. The Labute approximate surface area is 202 Å². The van der Waals surface area contributed by atoms with Gasteiger partial charge in [0.05, 0.1) is 18.1 Å². The van der Waals surface area contributed by atoms with Crippen LogP contribution in [0.15, 0.2) is 65.9 Å². The molecule has 1 aliphatic rings. The number of benzene rings is 2. The number of nitrogens with two attached hydrogens (primary N) is 1. The molecule has 0 spiro atoms. The summed E-state index contributed by atoms with van der Waals surface area (Å²) in [7, 11) is -3.73. The zero-order valence-corrected chi connectivity index (χ0v) is 20.2. The van der Waals surface area contributed by atoms with Crippen LogP contribution in [0.5, 0.6) is 11.6 Å². The lowest BCUT2D eigenvalue weighted by Crippen LogP contribution is -2.55. The van der Waals surface area contributed by atoms with Gasteiger partial charge in [-0.1, -0.05) is 24.3 Å². The van der Waals surface area contributed by atoms with Gasteiger partial charge in [-0.15, -0.1) is 0 Å². The van der Waals surface area contributed by atoms with Crippen LogP contribution in [-0.2, 0) is 15.4 Å². The average Bonchev–Trinajstić information content (AvgIpc) is 2.80. The van der Waals surface area contributed by atoms with E-state index in [2.05, 4.69) is 15.0 Å². The van der Waals surface area contributed by atoms with Gasteiger partial charge in [0, 0.05) is 5.56 Å². The summed E-state index contributed by atoms with van der Waals surface area (Å²) < 4.78 is 59.6. The van der Waals surface area contributed by atoms with Gasteiger partial charge in [0.25, 0.3) is 0 Å². The molecule has 2 N–H and O–H groups in total. The molecule has 2 aromatic carbocycles. The van der Waals surface area contributed by atoms with Crippen LogP contribution in [0.2, 0.25) is 0 Å². The fourth-order valence-electron chi connectivity index (χ4n) is 3.65. The number of rotatable bonds is 5. The van der Waals surface area contributed by atoms with Crippen molar-refractivity contribution in [3.8, 4) is 11.6 Å². The first-order chi connectivity index (χ1) is 16.4. The van der Waals surface area contributed by atoms with E-state index in [1.807, 2.05) is 6.07 Å². The Hall–Kier alpha value is -3.66. The molecule has 0 saturated carbocycles. The normalized spacial score (nSPS) is 21.3. The minimum absolute atomic E-state index is 0.00114. The van der Waals surface area contributed by atoms with E-state index in [0.717, 1.165) is 12.1 Å². The highest BCUT2D eigenvalue weighted by Crippen LogP contribution is 2.38. The molecule has 4 rings (SSSR count). The third-order valence-corrected chi connectivity index (χ3v) is 8.64. The summed E-state index contributed by atoms with van der Waals surface area (Å²) in [6, 6.07) is 12.8. The number of aromatic nitrogens is 2. The third kappa shape index (κ3) is 4.79. The Morgan fingerprint density at radius 2 is 1.80 bits per heavy atom. The van der Waals surface area contributed by atoms with Gasteiger partial charge < -0.3 is 10.5 Å². The molecule has 0 amide bonds. The summed E-state index contributed by atoms with van der Waals surface area (Å²) in [5.74, 6) is -1.17. The predicted octanol–water partition coefficient (Wildman–Crippen LogP) is 4.66. The van der Waals surface area contributed by atoms with E-state index >= 15 is 0 Å². The standard InChI is InChI=1S/C25H24F2N4O3S/c1-24(2)23(28)31-25(3,15-35(24,32)33)18-11-16(9-10-19(18)26)12-20(27)21-13-30-22(14-29-21)34-17-7-5-4-6-8-17/h4-14H,15H2,1-3H3,(H2,28,31)/b20-12-/t25-/m0/s1.